The number of Topliss-reactive ketones (excluding diaryl/α,β-unsaturated/α-hetero) is 1. The molecule has 2 rings (SSSR count). The van der Waals surface area contributed by atoms with Crippen molar-refractivity contribution in [2.75, 3.05) is 11.5 Å². The van der Waals surface area contributed by atoms with Gasteiger partial charge in [0.05, 0.1) is 23.3 Å². The Hall–Kier alpha value is -1.10. The first kappa shape index (κ1) is 9.45. The lowest BCUT2D eigenvalue weighted by molar-refractivity contribution is 0.0932. The van der Waals surface area contributed by atoms with Crippen LogP contribution in [0, 0.1) is 5.92 Å². The molecular weight excluding hydrogens is 204 g/mol. The van der Waals surface area contributed by atoms with E-state index in [9.17, 15) is 13.2 Å². The van der Waals surface area contributed by atoms with Crippen LogP contribution in [0.5, 0.6) is 0 Å². The van der Waals surface area contributed by atoms with Gasteiger partial charge >= 0.3 is 0 Å². The quantitative estimate of drug-likeness (QED) is 0.686. The first-order valence-corrected chi connectivity index (χ1v) is 6.17. The fourth-order valence-corrected chi connectivity index (χ4v) is 3.38. The third-order valence-electron chi connectivity index (χ3n) is 2.41. The minimum Gasteiger partial charge on any atom is -0.472 e. The van der Waals surface area contributed by atoms with Gasteiger partial charge in [-0.05, 0) is 12.5 Å². The third kappa shape index (κ3) is 1.72. The van der Waals surface area contributed by atoms with Gasteiger partial charge in [0.25, 0.3) is 0 Å². The maximum atomic E-state index is 11.7. The fourth-order valence-electron chi connectivity index (χ4n) is 1.64. The molecule has 14 heavy (non-hydrogen) atoms. The molecule has 0 amide bonds. The molecule has 0 saturated carbocycles. The lowest BCUT2D eigenvalue weighted by atomic mass is 9.99. The molecule has 0 bridgehead atoms. The molecule has 0 aliphatic carbocycles. The van der Waals surface area contributed by atoms with E-state index >= 15 is 0 Å². The topological polar surface area (TPSA) is 64.3 Å². The van der Waals surface area contributed by atoms with Crippen LogP contribution in [0.3, 0.4) is 0 Å². The van der Waals surface area contributed by atoms with Crippen LogP contribution >= 0.6 is 0 Å². The van der Waals surface area contributed by atoms with E-state index in [1.54, 1.807) is 6.07 Å². The molecular formula is C9H10O4S. The fraction of sp³-hybridized carbons (Fsp3) is 0.444. The Bertz CT molecular complexity index is 429. The van der Waals surface area contributed by atoms with Crippen LogP contribution < -0.4 is 0 Å². The maximum absolute atomic E-state index is 11.7. The van der Waals surface area contributed by atoms with Crippen molar-refractivity contribution in [1.29, 1.82) is 0 Å². The van der Waals surface area contributed by atoms with Gasteiger partial charge in [-0.2, -0.15) is 0 Å². The Balaban J connectivity index is 2.16. The molecule has 4 nitrogen and oxygen atoms in total. The zero-order valence-electron chi connectivity index (χ0n) is 7.47. The smallest absolute Gasteiger partial charge is 0.170 e. The van der Waals surface area contributed by atoms with Crippen LogP contribution in [0.4, 0.5) is 0 Å². The Labute approximate surface area is 81.8 Å². The van der Waals surface area contributed by atoms with Gasteiger partial charge in [0.1, 0.15) is 6.26 Å². The summed E-state index contributed by atoms with van der Waals surface area (Å²) in [6.07, 6.45) is 3.20. The first-order chi connectivity index (χ1) is 6.58. The minimum absolute atomic E-state index is 0.0169. The van der Waals surface area contributed by atoms with Crippen molar-refractivity contribution in [3.63, 3.8) is 0 Å². The van der Waals surface area contributed by atoms with Gasteiger partial charge in [-0.3, -0.25) is 4.79 Å². The van der Waals surface area contributed by atoms with E-state index in [0.29, 0.717) is 12.0 Å². The molecule has 1 atom stereocenters. The van der Waals surface area contributed by atoms with Crippen molar-refractivity contribution in [3.8, 4) is 0 Å². The lowest BCUT2D eigenvalue weighted by Crippen LogP contribution is -2.15. The van der Waals surface area contributed by atoms with Gasteiger partial charge in [-0.1, -0.05) is 0 Å². The van der Waals surface area contributed by atoms with Gasteiger partial charge in [0, 0.05) is 5.92 Å². The van der Waals surface area contributed by atoms with Crippen LogP contribution in [0.1, 0.15) is 16.8 Å². The standard InChI is InChI=1S/C9H10O4S/c10-9(7-1-3-13-5-7)8-2-4-14(11,12)6-8/h1,3,5,8H,2,4,6H2. The molecule has 0 spiro atoms. The predicted molar refractivity (Wildman–Crippen MR) is 49.8 cm³/mol. The van der Waals surface area contributed by atoms with Gasteiger partial charge in [-0.25, -0.2) is 8.42 Å². The molecule has 1 aromatic heterocycles. The van der Waals surface area contributed by atoms with Crippen molar-refractivity contribution < 1.29 is 17.6 Å². The summed E-state index contributed by atoms with van der Waals surface area (Å²) in [4.78, 5) is 11.7. The summed E-state index contributed by atoms with van der Waals surface area (Å²) >= 11 is 0. The van der Waals surface area contributed by atoms with Gasteiger partial charge in [0.2, 0.25) is 0 Å². The van der Waals surface area contributed by atoms with E-state index in [-0.39, 0.29) is 23.2 Å². The minimum atomic E-state index is -2.98. The van der Waals surface area contributed by atoms with E-state index in [4.69, 9.17) is 4.42 Å². The lowest BCUT2D eigenvalue weighted by Gasteiger charge is -2.02. The van der Waals surface area contributed by atoms with E-state index < -0.39 is 9.84 Å². The number of ketones is 1. The van der Waals surface area contributed by atoms with E-state index in [2.05, 4.69) is 0 Å². The predicted octanol–water partition coefficient (Wildman–Crippen LogP) is 0.897. The number of carbonyl (C=O) groups is 1. The molecule has 1 saturated heterocycles. The highest BCUT2D eigenvalue weighted by molar-refractivity contribution is 7.91. The summed E-state index contributed by atoms with van der Waals surface area (Å²) < 4.78 is 27.1. The molecule has 2 heterocycles. The summed E-state index contributed by atoms with van der Waals surface area (Å²) in [7, 11) is -2.98. The van der Waals surface area contributed by atoms with Crippen molar-refractivity contribution in [2.24, 2.45) is 5.92 Å². The SMILES string of the molecule is O=C(c1ccoc1)C1CCS(=O)(=O)C1. The average Bonchev–Trinajstić information content (AvgIpc) is 2.72. The molecule has 1 aliphatic heterocycles. The van der Waals surface area contributed by atoms with Crippen LogP contribution in [0.25, 0.3) is 0 Å². The highest BCUT2D eigenvalue weighted by atomic mass is 32.2. The third-order valence-corrected chi connectivity index (χ3v) is 4.18. The normalized spacial score (nSPS) is 25.0. The van der Waals surface area contributed by atoms with Crippen molar-refractivity contribution in [1.82, 2.24) is 0 Å². The van der Waals surface area contributed by atoms with E-state index in [0.717, 1.165) is 0 Å². The first-order valence-electron chi connectivity index (χ1n) is 4.35. The Morgan fingerprint density at radius 3 is 2.79 bits per heavy atom. The number of rotatable bonds is 2. The summed E-state index contributed by atoms with van der Waals surface area (Å²) in [5.74, 6) is -0.393. The molecule has 1 fully saturated rings. The molecule has 1 aliphatic rings. The van der Waals surface area contributed by atoms with E-state index in [1.807, 2.05) is 0 Å². The molecule has 0 N–H and O–H groups in total. The molecule has 76 valence electrons. The number of hydrogen-bond acceptors (Lipinski definition) is 4. The monoisotopic (exact) mass is 214 g/mol. The number of carbonyl (C=O) groups excluding carboxylic acids is 1. The number of sulfone groups is 1. The van der Waals surface area contributed by atoms with Crippen molar-refractivity contribution in [2.45, 2.75) is 6.42 Å². The average molecular weight is 214 g/mol. The largest absolute Gasteiger partial charge is 0.472 e. The summed E-state index contributed by atoms with van der Waals surface area (Å²) in [5.41, 5.74) is 0.465. The Morgan fingerprint density at radius 1 is 1.50 bits per heavy atom. The maximum Gasteiger partial charge on any atom is 0.170 e. The highest BCUT2D eigenvalue weighted by Gasteiger charge is 2.33. The molecule has 0 radical (unpaired) electrons. The van der Waals surface area contributed by atoms with Crippen molar-refractivity contribution in [3.05, 3.63) is 24.2 Å². The second-order valence-corrected chi connectivity index (χ2v) is 5.70. The summed E-state index contributed by atoms with van der Waals surface area (Å²) in [6, 6.07) is 1.56. The van der Waals surface area contributed by atoms with Crippen LogP contribution in [0.2, 0.25) is 0 Å². The van der Waals surface area contributed by atoms with Gasteiger partial charge in [-0.15, -0.1) is 0 Å². The Morgan fingerprint density at radius 2 is 2.29 bits per heavy atom. The second-order valence-electron chi connectivity index (χ2n) is 3.48. The van der Waals surface area contributed by atoms with Gasteiger partial charge < -0.3 is 4.42 Å². The molecule has 1 unspecified atom stereocenters. The molecule has 0 aromatic carbocycles. The van der Waals surface area contributed by atoms with Crippen LogP contribution in [-0.4, -0.2) is 25.7 Å². The molecule has 5 heteroatoms. The van der Waals surface area contributed by atoms with Crippen LogP contribution in [-0.2, 0) is 9.84 Å². The van der Waals surface area contributed by atoms with Crippen LogP contribution in [0.15, 0.2) is 23.0 Å². The van der Waals surface area contributed by atoms with E-state index in [1.165, 1.54) is 12.5 Å². The summed E-state index contributed by atoms with van der Waals surface area (Å²) in [6.45, 7) is 0. The second kappa shape index (κ2) is 3.24. The van der Waals surface area contributed by atoms with Gasteiger partial charge in [0.15, 0.2) is 15.6 Å². The zero-order valence-corrected chi connectivity index (χ0v) is 8.29. The summed E-state index contributed by atoms with van der Waals surface area (Å²) in [5, 5.41) is 0. The zero-order chi connectivity index (χ0) is 10.2. The molecule has 1 aromatic rings. The number of hydrogen-bond donors (Lipinski definition) is 0. The highest BCUT2D eigenvalue weighted by Crippen LogP contribution is 2.22. The Kier molecular flexibility index (Phi) is 2.19. The van der Waals surface area contributed by atoms with Crippen molar-refractivity contribution >= 4 is 15.6 Å². The number of furan rings is 1.